The molecule has 0 saturated carbocycles. The van der Waals surface area contributed by atoms with Gasteiger partial charge >= 0.3 is 0 Å². The summed E-state index contributed by atoms with van der Waals surface area (Å²) in [6.07, 6.45) is 9.30. The van der Waals surface area contributed by atoms with Crippen molar-refractivity contribution in [3.05, 3.63) is 48.5 Å². The van der Waals surface area contributed by atoms with Crippen LogP contribution >= 0.6 is 0 Å². The van der Waals surface area contributed by atoms with Gasteiger partial charge < -0.3 is 10.4 Å². The number of carbonyl (C=O) groups is 1. The minimum Gasteiger partial charge on any atom is -0.395 e. The lowest BCUT2D eigenvalue weighted by atomic mass is 10.0. The maximum atomic E-state index is 12.4. The van der Waals surface area contributed by atoms with Gasteiger partial charge in [-0.15, -0.1) is 0 Å². The molecule has 1 aromatic carbocycles. The number of hydrogen-bond donors (Lipinski definition) is 2. The van der Waals surface area contributed by atoms with Crippen molar-refractivity contribution in [2.24, 2.45) is 0 Å². The summed E-state index contributed by atoms with van der Waals surface area (Å²) in [7, 11) is 0. The molecule has 0 aliphatic carbocycles. The zero-order valence-corrected chi connectivity index (χ0v) is 15.0. The topological polar surface area (TPSA) is 78.4 Å². The van der Waals surface area contributed by atoms with Crippen molar-refractivity contribution in [1.82, 2.24) is 20.2 Å². The van der Waals surface area contributed by atoms with Crippen LogP contribution in [0.4, 0.5) is 0 Å². The first-order valence-corrected chi connectivity index (χ1v) is 9.26. The van der Waals surface area contributed by atoms with Gasteiger partial charge in [-0.25, -0.2) is 9.97 Å². The molecule has 1 aliphatic heterocycles. The predicted molar refractivity (Wildman–Crippen MR) is 101 cm³/mol. The number of piperidine rings is 1. The predicted octanol–water partition coefficient (Wildman–Crippen LogP) is 2.11. The first kappa shape index (κ1) is 18.5. The highest BCUT2D eigenvalue weighted by Gasteiger charge is 2.20. The maximum Gasteiger partial charge on any atom is 0.251 e. The van der Waals surface area contributed by atoms with Crippen LogP contribution in [-0.4, -0.2) is 58.2 Å². The van der Waals surface area contributed by atoms with Crippen molar-refractivity contribution in [2.45, 2.75) is 31.7 Å². The number of amides is 1. The van der Waals surface area contributed by atoms with E-state index in [9.17, 15) is 9.90 Å². The minimum atomic E-state index is -0.0685. The van der Waals surface area contributed by atoms with E-state index >= 15 is 0 Å². The van der Waals surface area contributed by atoms with Crippen LogP contribution in [0.5, 0.6) is 0 Å². The monoisotopic (exact) mass is 354 g/mol. The lowest BCUT2D eigenvalue weighted by Gasteiger charge is -2.34. The molecule has 138 valence electrons. The zero-order chi connectivity index (χ0) is 18.2. The van der Waals surface area contributed by atoms with Crippen LogP contribution in [-0.2, 0) is 0 Å². The Bertz CT molecular complexity index is 708. The van der Waals surface area contributed by atoms with E-state index in [1.54, 1.807) is 12.4 Å². The van der Waals surface area contributed by atoms with Crippen molar-refractivity contribution in [1.29, 1.82) is 0 Å². The van der Waals surface area contributed by atoms with Crippen LogP contribution in [0.15, 0.2) is 43.0 Å². The van der Waals surface area contributed by atoms with Gasteiger partial charge in [0.15, 0.2) is 0 Å². The van der Waals surface area contributed by atoms with Gasteiger partial charge in [0, 0.05) is 42.7 Å². The summed E-state index contributed by atoms with van der Waals surface area (Å²) in [6, 6.07) is 7.77. The highest BCUT2D eigenvalue weighted by molar-refractivity contribution is 5.95. The average molecular weight is 354 g/mol. The maximum absolute atomic E-state index is 12.4. The van der Waals surface area contributed by atoms with Gasteiger partial charge in [0.2, 0.25) is 0 Å². The van der Waals surface area contributed by atoms with Gasteiger partial charge in [-0.05, 0) is 43.5 Å². The molecule has 1 amide bonds. The highest BCUT2D eigenvalue weighted by Crippen LogP contribution is 2.19. The van der Waals surface area contributed by atoms with Crippen LogP contribution in [0.3, 0.4) is 0 Å². The van der Waals surface area contributed by atoms with E-state index in [1.807, 2.05) is 24.3 Å². The fourth-order valence-corrected chi connectivity index (χ4v) is 3.44. The molecule has 1 aromatic heterocycles. The van der Waals surface area contributed by atoms with Gasteiger partial charge in [-0.3, -0.25) is 9.69 Å². The molecule has 1 saturated heterocycles. The fourth-order valence-electron chi connectivity index (χ4n) is 3.44. The number of likely N-dealkylation sites (tertiary alicyclic amines) is 1. The number of aliphatic hydroxyl groups excluding tert-OH is 1. The molecule has 26 heavy (non-hydrogen) atoms. The Labute approximate surface area is 154 Å². The van der Waals surface area contributed by atoms with E-state index in [2.05, 4.69) is 20.2 Å². The molecule has 1 atom stereocenters. The number of nitrogens with one attached hydrogen (secondary N) is 1. The van der Waals surface area contributed by atoms with E-state index in [1.165, 1.54) is 19.2 Å². The van der Waals surface area contributed by atoms with Crippen LogP contribution in [0.25, 0.3) is 11.1 Å². The van der Waals surface area contributed by atoms with Crippen LogP contribution in [0, 0.1) is 0 Å². The van der Waals surface area contributed by atoms with Gasteiger partial charge in [0.25, 0.3) is 5.91 Å². The van der Waals surface area contributed by atoms with Gasteiger partial charge in [0.1, 0.15) is 6.33 Å². The van der Waals surface area contributed by atoms with Crippen LogP contribution in [0.2, 0.25) is 0 Å². The van der Waals surface area contributed by atoms with E-state index in [4.69, 9.17) is 0 Å². The normalized spacial score (nSPS) is 17.8. The van der Waals surface area contributed by atoms with Crippen molar-refractivity contribution in [3.8, 4) is 11.1 Å². The Morgan fingerprint density at radius 2 is 2.08 bits per heavy atom. The van der Waals surface area contributed by atoms with E-state index in [-0.39, 0.29) is 18.6 Å². The largest absolute Gasteiger partial charge is 0.395 e. The molecule has 0 bridgehead atoms. The molecule has 1 aliphatic rings. The van der Waals surface area contributed by atoms with E-state index < -0.39 is 0 Å². The van der Waals surface area contributed by atoms with Crippen molar-refractivity contribution in [2.75, 3.05) is 26.2 Å². The Morgan fingerprint density at radius 3 is 2.88 bits per heavy atom. The minimum absolute atomic E-state index is 0.0685. The second-order valence-electron chi connectivity index (χ2n) is 6.69. The third kappa shape index (κ3) is 4.86. The average Bonchev–Trinajstić information content (AvgIpc) is 2.72. The quantitative estimate of drug-likeness (QED) is 0.745. The third-order valence-corrected chi connectivity index (χ3v) is 4.89. The molecule has 6 heteroatoms. The highest BCUT2D eigenvalue weighted by atomic mass is 16.3. The first-order valence-electron chi connectivity index (χ1n) is 9.26. The Kier molecular flexibility index (Phi) is 6.68. The molecule has 0 radical (unpaired) electrons. The summed E-state index contributed by atoms with van der Waals surface area (Å²) < 4.78 is 0. The Morgan fingerprint density at radius 1 is 1.23 bits per heavy atom. The molecule has 0 unspecified atom stereocenters. The van der Waals surface area contributed by atoms with Gasteiger partial charge in [0.05, 0.1) is 6.61 Å². The smallest absolute Gasteiger partial charge is 0.251 e. The summed E-state index contributed by atoms with van der Waals surface area (Å²) in [5.41, 5.74) is 2.46. The van der Waals surface area contributed by atoms with E-state index in [0.29, 0.717) is 12.1 Å². The van der Waals surface area contributed by atoms with Crippen LogP contribution < -0.4 is 5.32 Å². The Balaban J connectivity index is 1.49. The SMILES string of the molecule is O=C(NCCCN1CCCC[C@H]1CO)c1cccc(-c2cncnc2)c1. The lowest BCUT2D eigenvalue weighted by molar-refractivity contribution is 0.0868. The first-order chi connectivity index (χ1) is 12.8. The molecule has 2 heterocycles. The van der Waals surface area contributed by atoms with Gasteiger partial charge in [-0.1, -0.05) is 18.6 Å². The molecule has 2 aromatic rings. The Hall–Kier alpha value is -2.31. The van der Waals surface area contributed by atoms with Crippen molar-refractivity contribution < 1.29 is 9.90 Å². The number of aliphatic hydroxyl groups is 1. The number of carbonyl (C=O) groups excluding carboxylic acids is 1. The third-order valence-electron chi connectivity index (χ3n) is 4.89. The summed E-state index contributed by atoms with van der Waals surface area (Å²) >= 11 is 0. The van der Waals surface area contributed by atoms with Crippen LogP contribution in [0.1, 0.15) is 36.0 Å². The second kappa shape index (κ2) is 9.40. The molecular formula is C20H26N4O2. The van der Waals surface area contributed by atoms with Crippen molar-refractivity contribution >= 4 is 5.91 Å². The second-order valence-corrected chi connectivity index (χ2v) is 6.69. The summed E-state index contributed by atoms with van der Waals surface area (Å²) in [6.45, 7) is 2.81. The zero-order valence-electron chi connectivity index (χ0n) is 15.0. The molecular weight excluding hydrogens is 328 g/mol. The van der Waals surface area contributed by atoms with Gasteiger partial charge in [-0.2, -0.15) is 0 Å². The summed E-state index contributed by atoms with van der Waals surface area (Å²) in [4.78, 5) is 22.8. The number of aromatic nitrogens is 2. The molecule has 1 fully saturated rings. The molecule has 6 nitrogen and oxygen atoms in total. The molecule has 3 rings (SSSR count). The number of rotatable bonds is 7. The number of nitrogens with zero attached hydrogens (tertiary/aromatic N) is 3. The standard InChI is InChI=1S/C20H26N4O2/c25-14-19-7-1-2-9-24(19)10-4-8-23-20(26)17-6-3-5-16(11-17)18-12-21-15-22-13-18/h3,5-6,11-13,15,19,25H,1-2,4,7-10,14H2,(H,23,26)/t19-/m0/s1. The van der Waals surface area contributed by atoms with Crippen molar-refractivity contribution in [3.63, 3.8) is 0 Å². The number of hydrogen-bond acceptors (Lipinski definition) is 5. The summed E-state index contributed by atoms with van der Waals surface area (Å²) in [5, 5.41) is 12.4. The number of benzene rings is 1. The van der Waals surface area contributed by atoms with E-state index in [0.717, 1.165) is 37.1 Å². The molecule has 0 spiro atoms. The summed E-state index contributed by atoms with van der Waals surface area (Å²) in [5.74, 6) is -0.0685. The molecule has 2 N–H and O–H groups in total. The lowest BCUT2D eigenvalue weighted by Crippen LogP contribution is -2.43. The fraction of sp³-hybridized carbons (Fsp3) is 0.450.